The van der Waals surface area contributed by atoms with Crippen LogP contribution in [0.5, 0.6) is 0 Å². The van der Waals surface area contributed by atoms with E-state index in [1.54, 1.807) is 0 Å². The minimum absolute atomic E-state index is 0.146. The monoisotopic (exact) mass is 830 g/mol. The SMILES string of the molecule is CC1(C)c2ccccc2-c2c(N(c3ccc(-c4ccc5c(c4)c4ccccc4n5-c4ccccc4)cc3)c3ccccc3-c3ccccc3-c3ccccc3-c3ccccc3)cccc21. The van der Waals surface area contributed by atoms with E-state index in [9.17, 15) is 0 Å². The molecule has 65 heavy (non-hydrogen) atoms. The maximum Gasteiger partial charge on any atom is 0.0543 e. The third kappa shape index (κ3) is 6.32. The molecule has 2 nitrogen and oxygen atoms in total. The van der Waals surface area contributed by atoms with Gasteiger partial charge in [-0.15, -0.1) is 0 Å². The molecule has 0 saturated carbocycles. The molecule has 0 fully saturated rings. The predicted octanol–water partition coefficient (Wildman–Crippen LogP) is 17.2. The second-order valence-corrected chi connectivity index (χ2v) is 17.6. The van der Waals surface area contributed by atoms with Gasteiger partial charge in [-0.1, -0.05) is 202 Å². The Bertz CT molecular complexity index is 3560. The van der Waals surface area contributed by atoms with E-state index >= 15 is 0 Å². The lowest BCUT2D eigenvalue weighted by atomic mass is 9.82. The highest BCUT2D eigenvalue weighted by Crippen LogP contribution is 2.55. The third-order valence-electron chi connectivity index (χ3n) is 13.6. The summed E-state index contributed by atoms with van der Waals surface area (Å²) < 4.78 is 2.38. The molecule has 0 spiro atoms. The van der Waals surface area contributed by atoms with Crippen LogP contribution in [0.1, 0.15) is 25.0 Å². The molecule has 0 atom stereocenters. The number of para-hydroxylation sites is 3. The number of rotatable bonds is 8. The molecule has 1 aromatic heterocycles. The van der Waals surface area contributed by atoms with Crippen LogP contribution in [0, 0.1) is 0 Å². The van der Waals surface area contributed by atoms with E-state index in [1.807, 2.05) is 0 Å². The molecular formula is C63H46N2. The first-order chi connectivity index (χ1) is 32.0. The van der Waals surface area contributed by atoms with Crippen molar-refractivity contribution in [3.63, 3.8) is 0 Å². The Kier molecular flexibility index (Phi) is 9.21. The van der Waals surface area contributed by atoms with Gasteiger partial charge in [0.2, 0.25) is 0 Å². The number of hydrogen-bond donors (Lipinski definition) is 0. The van der Waals surface area contributed by atoms with Crippen LogP contribution in [-0.2, 0) is 5.41 Å². The van der Waals surface area contributed by atoms with E-state index in [0.717, 1.165) is 22.7 Å². The molecule has 11 aromatic rings. The fourth-order valence-corrected chi connectivity index (χ4v) is 10.6. The van der Waals surface area contributed by atoms with Crippen LogP contribution in [0.2, 0.25) is 0 Å². The molecule has 0 bridgehead atoms. The van der Waals surface area contributed by atoms with Gasteiger partial charge in [-0.2, -0.15) is 0 Å². The van der Waals surface area contributed by atoms with Crippen LogP contribution in [0.4, 0.5) is 17.1 Å². The standard InChI is InChI=1S/C63H46N2/c1-63(2)56-31-16-13-30-54(56)62-57(63)32-19-35-61(62)65(58-33-17-14-28-52(58)51-27-12-11-26-50(51)49-25-10-9-24-48(49)44-20-5-3-6-21-44)47-39-36-43(37-40-47)45-38-41-60-55(42-45)53-29-15-18-34-59(53)64(60)46-22-7-4-8-23-46/h3-42H,1-2H3. The van der Waals surface area contributed by atoms with Crippen LogP contribution in [0.25, 0.3) is 83.1 Å². The van der Waals surface area contributed by atoms with Crippen molar-refractivity contribution in [2.75, 3.05) is 4.90 Å². The fraction of sp³-hybridized carbons (Fsp3) is 0.0476. The van der Waals surface area contributed by atoms with Gasteiger partial charge in [0.05, 0.1) is 22.4 Å². The van der Waals surface area contributed by atoms with Crippen molar-refractivity contribution in [3.05, 3.63) is 254 Å². The quantitative estimate of drug-likeness (QED) is 0.148. The lowest BCUT2D eigenvalue weighted by molar-refractivity contribution is 0.660. The number of fused-ring (bicyclic) bond motifs is 6. The van der Waals surface area contributed by atoms with Crippen LogP contribution in [-0.4, -0.2) is 4.57 Å². The van der Waals surface area contributed by atoms with Crippen molar-refractivity contribution < 1.29 is 0 Å². The molecule has 0 N–H and O–H groups in total. The zero-order chi connectivity index (χ0) is 43.5. The maximum atomic E-state index is 2.51. The Balaban J connectivity index is 1.04. The topological polar surface area (TPSA) is 8.17 Å². The summed E-state index contributed by atoms with van der Waals surface area (Å²) in [7, 11) is 0. The molecule has 0 aliphatic heterocycles. The maximum absolute atomic E-state index is 2.51. The number of hydrogen-bond acceptors (Lipinski definition) is 1. The van der Waals surface area contributed by atoms with Gasteiger partial charge in [0.25, 0.3) is 0 Å². The van der Waals surface area contributed by atoms with Gasteiger partial charge in [0, 0.05) is 38.7 Å². The van der Waals surface area contributed by atoms with Crippen molar-refractivity contribution in [2.45, 2.75) is 19.3 Å². The molecule has 2 heteroatoms. The molecular weight excluding hydrogens is 785 g/mol. The van der Waals surface area contributed by atoms with E-state index in [0.29, 0.717) is 0 Å². The molecule has 1 aliphatic carbocycles. The predicted molar refractivity (Wildman–Crippen MR) is 275 cm³/mol. The molecule has 0 saturated heterocycles. The van der Waals surface area contributed by atoms with E-state index in [1.165, 1.54) is 88.6 Å². The molecule has 0 amide bonds. The van der Waals surface area contributed by atoms with Crippen molar-refractivity contribution in [1.29, 1.82) is 0 Å². The van der Waals surface area contributed by atoms with Gasteiger partial charge in [-0.25, -0.2) is 0 Å². The summed E-state index contributed by atoms with van der Waals surface area (Å²) in [6.07, 6.45) is 0. The van der Waals surface area contributed by atoms with Crippen LogP contribution in [0.15, 0.2) is 243 Å². The fourth-order valence-electron chi connectivity index (χ4n) is 10.6. The average Bonchev–Trinajstić information content (AvgIpc) is 3.83. The van der Waals surface area contributed by atoms with Crippen molar-refractivity contribution in [3.8, 4) is 61.3 Å². The van der Waals surface area contributed by atoms with Crippen molar-refractivity contribution in [1.82, 2.24) is 4.57 Å². The third-order valence-corrected chi connectivity index (χ3v) is 13.6. The molecule has 1 heterocycles. The van der Waals surface area contributed by atoms with Gasteiger partial charge in [0.1, 0.15) is 0 Å². The van der Waals surface area contributed by atoms with Gasteiger partial charge in [-0.3, -0.25) is 0 Å². The largest absolute Gasteiger partial charge is 0.309 e. The van der Waals surface area contributed by atoms with Crippen LogP contribution < -0.4 is 4.90 Å². The molecule has 0 radical (unpaired) electrons. The number of aromatic nitrogens is 1. The normalized spacial score (nSPS) is 12.6. The molecule has 1 aliphatic rings. The zero-order valence-corrected chi connectivity index (χ0v) is 36.5. The summed E-state index contributed by atoms with van der Waals surface area (Å²) in [4.78, 5) is 2.51. The summed E-state index contributed by atoms with van der Waals surface area (Å²) in [5.74, 6) is 0. The first kappa shape index (κ1) is 38.5. The summed E-state index contributed by atoms with van der Waals surface area (Å²) in [6, 6.07) is 88.8. The van der Waals surface area contributed by atoms with Gasteiger partial charge < -0.3 is 9.47 Å². The number of anilines is 3. The smallest absolute Gasteiger partial charge is 0.0543 e. The molecule has 0 unspecified atom stereocenters. The van der Waals surface area contributed by atoms with Crippen LogP contribution >= 0.6 is 0 Å². The van der Waals surface area contributed by atoms with Crippen LogP contribution in [0.3, 0.4) is 0 Å². The molecule has 10 aromatic carbocycles. The lowest BCUT2D eigenvalue weighted by Crippen LogP contribution is -2.16. The summed E-state index contributed by atoms with van der Waals surface area (Å²) in [5, 5.41) is 2.50. The second-order valence-electron chi connectivity index (χ2n) is 17.6. The Labute approximate surface area is 381 Å². The minimum Gasteiger partial charge on any atom is -0.309 e. The zero-order valence-electron chi connectivity index (χ0n) is 36.5. The Morgan fingerprint density at radius 3 is 1.62 bits per heavy atom. The Hall–Kier alpha value is -8.20. The highest BCUT2D eigenvalue weighted by Gasteiger charge is 2.38. The van der Waals surface area contributed by atoms with Gasteiger partial charge >= 0.3 is 0 Å². The summed E-state index contributed by atoms with van der Waals surface area (Å²) >= 11 is 0. The first-order valence-electron chi connectivity index (χ1n) is 22.6. The number of benzene rings is 10. The van der Waals surface area contributed by atoms with Gasteiger partial charge in [0.15, 0.2) is 0 Å². The van der Waals surface area contributed by atoms with Crippen molar-refractivity contribution >= 4 is 38.9 Å². The van der Waals surface area contributed by atoms with Gasteiger partial charge in [-0.05, 0) is 110 Å². The summed E-state index contributed by atoms with van der Waals surface area (Å²) in [6.45, 7) is 4.73. The van der Waals surface area contributed by atoms with E-state index in [2.05, 4.69) is 266 Å². The summed E-state index contributed by atoms with van der Waals surface area (Å²) in [5.41, 5.74) is 21.6. The lowest BCUT2D eigenvalue weighted by Gasteiger charge is -2.31. The molecule has 308 valence electrons. The minimum atomic E-state index is -0.146. The Morgan fingerprint density at radius 1 is 0.338 bits per heavy atom. The highest BCUT2D eigenvalue weighted by atomic mass is 15.1. The second kappa shape index (κ2) is 15.6. The van der Waals surface area contributed by atoms with E-state index in [4.69, 9.17) is 0 Å². The average molecular weight is 831 g/mol. The van der Waals surface area contributed by atoms with E-state index in [-0.39, 0.29) is 5.41 Å². The number of nitrogens with zero attached hydrogens (tertiary/aromatic N) is 2. The Morgan fingerprint density at radius 2 is 0.862 bits per heavy atom. The highest BCUT2D eigenvalue weighted by molar-refractivity contribution is 6.10. The van der Waals surface area contributed by atoms with Crippen molar-refractivity contribution in [2.24, 2.45) is 0 Å². The van der Waals surface area contributed by atoms with E-state index < -0.39 is 0 Å². The molecule has 12 rings (SSSR count). The first-order valence-corrected chi connectivity index (χ1v) is 22.6.